The van der Waals surface area contributed by atoms with Crippen molar-refractivity contribution in [3.63, 3.8) is 0 Å². The van der Waals surface area contributed by atoms with E-state index in [4.69, 9.17) is 9.47 Å². The van der Waals surface area contributed by atoms with Crippen molar-refractivity contribution in [1.82, 2.24) is 4.98 Å². The van der Waals surface area contributed by atoms with E-state index in [1.54, 1.807) is 12.1 Å². The quantitative estimate of drug-likeness (QED) is 0.774. The normalized spacial score (nSPS) is 9.83. The molecule has 0 amide bonds. The molecule has 0 fully saturated rings. The van der Waals surface area contributed by atoms with E-state index < -0.39 is 0 Å². The Bertz CT molecular complexity index is 508. The van der Waals surface area contributed by atoms with Gasteiger partial charge in [0.25, 0.3) is 0 Å². The SMILES string of the molecule is CC(=O)Oc1ccc(OCc2ccccc2)cn1. The molecule has 2 aromatic rings. The molecule has 92 valence electrons. The molecule has 0 saturated carbocycles. The molecule has 0 spiro atoms. The standard InChI is InChI=1S/C14H13NO3/c1-11(16)18-14-8-7-13(9-15-14)17-10-12-5-3-2-4-6-12/h2-9H,10H2,1H3. The van der Waals surface area contributed by atoms with Gasteiger partial charge in [-0.1, -0.05) is 30.3 Å². The van der Waals surface area contributed by atoms with Crippen LogP contribution in [-0.4, -0.2) is 11.0 Å². The van der Waals surface area contributed by atoms with E-state index in [0.29, 0.717) is 12.4 Å². The van der Waals surface area contributed by atoms with Crippen molar-refractivity contribution in [3.05, 3.63) is 54.2 Å². The van der Waals surface area contributed by atoms with Crippen LogP contribution >= 0.6 is 0 Å². The predicted octanol–water partition coefficient (Wildman–Crippen LogP) is 2.59. The van der Waals surface area contributed by atoms with Gasteiger partial charge in [0.15, 0.2) is 0 Å². The highest BCUT2D eigenvalue weighted by molar-refractivity contribution is 5.68. The first-order valence-corrected chi connectivity index (χ1v) is 5.55. The Morgan fingerprint density at radius 1 is 1.17 bits per heavy atom. The van der Waals surface area contributed by atoms with Gasteiger partial charge in [0.1, 0.15) is 12.4 Å². The fourth-order valence-electron chi connectivity index (χ4n) is 1.40. The second kappa shape index (κ2) is 5.82. The predicted molar refractivity (Wildman–Crippen MR) is 66.3 cm³/mol. The number of carbonyl (C=O) groups excluding carboxylic acids is 1. The second-order valence-electron chi connectivity index (χ2n) is 3.70. The summed E-state index contributed by atoms with van der Waals surface area (Å²) >= 11 is 0. The third-order valence-corrected chi connectivity index (χ3v) is 2.21. The Morgan fingerprint density at radius 3 is 2.56 bits per heavy atom. The number of ether oxygens (including phenoxy) is 2. The lowest BCUT2D eigenvalue weighted by atomic mass is 10.2. The lowest BCUT2D eigenvalue weighted by molar-refractivity contribution is -0.132. The van der Waals surface area contributed by atoms with Crippen molar-refractivity contribution in [2.75, 3.05) is 0 Å². The molecule has 18 heavy (non-hydrogen) atoms. The molecule has 0 aliphatic rings. The smallest absolute Gasteiger partial charge is 0.309 e. The highest BCUT2D eigenvalue weighted by Gasteiger charge is 2.00. The molecule has 0 bridgehead atoms. The van der Waals surface area contributed by atoms with Gasteiger partial charge in [0, 0.05) is 13.0 Å². The molecule has 4 nitrogen and oxygen atoms in total. The minimum atomic E-state index is -0.388. The second-order valence-corrected chi connectivity index (χ2v) is 3.70. The Kier molecular flexibility index (Phi) is 3.91. The number of benzene rings is 1. The fraction of sp³-hybridized carbons (Fsp3) is 0.143. The number of esters is 1. The zero-order valence-corrected chi connectivity index (χ0v) is 10.00. The van der Waals surface area contributed by atoms with E-state index in [2.05, 4.69) is 4.98 Å². The summed E-state index contributed by atoms with van der Waals surface area (Å²) in [4.78, 5) is 14.7. The summed E-state index contributed by atoms with van der Waals surface area (Å²) in [6.07, 6.45) is 1.53. The van der Waals surface area contributed by atoms with Crippen LogP contribution in [0.25, 0.3) is 0 Å². The van der Waals surface area contributed by atoms with Crippen LogP contribution in [0, 0.1) is 0 Å². The molecule has 4 heteroatoms. The van der Waals surface area contributed by atoms with Crippen LogP contribution in [0.4, 0.5) is 0 Å². The highest BCUT2D eigenvalue weighted by atomic mass is 16.5. The molecule has 0 unspecified atom stereocenters. The van der Waals surface area contributed by atoms with Crippen molar-refractivity contribution in [2.45, 2.75) is 13.5 Å². The Balaban J connectivity index is 1.92. The molecule has 0 atom stereocenters. The largest absolute Gasteiger partial charge is 0.487 e. The van der Waals surface area contributed by atoms with E-state index in [1.165, 1.54) is 13.1 Å². The van der Waals surface area contributed by atoms with Gasteiger partial charge in [-0.15, -0.1) is 0 Å². The first-order chi connectivity index (χ1) is 8.74. The number of aromatic nitrogens is 1. The van der Waals surface area contributed by atoms with Crippen molar-refractivity contribution < 1.29 is 14.3 Å². The summed E-state index contributed by atoms with van der Waals surface area (Å²) in [6, 6.07) is 13.2. The number of carbonyl (C=O) groups is 1. The van der Waals surface area contributed by atoms with Crippen LogP contribution in [0.5, 0.6) is 11.6 Å². The maximum Gasteiger partial charge on any atom is 0.309 e. The van der Waals surface area contributed by atoms with Crippen LogP contribution in [0.15, 0.2) is 48.7 Å². The fourth-order valence-corrected chi connectivity index (χ4v) is 1.40. The minimum absolute atomic E-state index is 0.273. The zero-order valence-electron chi connectivity index (χ0n) is 10.00. The monoisotopic (exact) mass is 243 g/mol. The van der Waals surface area contributed by atoms with Gasteiger partial charge in [-0.3, -0.25) is 4.79 Å². The Hall–Kier alpha value is -2.36. The van der Waals surface area contributed by atoms with Crippen LogP contribution < -0.4 is 9.47 Å². The topological polar surface area (TPSA) is 48.4 Å². The van der Waals surface area contributed by atoms with Gasteiger partial charge in [-0.2, -0.15) is 0 Å². The number of hydrogen-bond acceptors (Lipinski definition) is 4. The first kappa shape index (κ1) is 12.1. The van der Waals surface area contributed by atoms with E-state index in [9.17, 15) is 4.79 Å². The molecule has 1 aromatic carbocycles. The van der Waals surface area contributed by atoms with Crippen LogP contribution in [0.3, 0.4) is 0 Å². The highest BCUT2D eigenvalue weighted by Crippen LogP contribution is 2.15. The summed E-state index contributed by atoms with van der Waals surface area (Å²) in [5.74, 6) is 0.518. The average Bonchev–Trinajstić information content (AvgIpc) is 2.38. The maximum atomic E-state index is 10.7. The Morgan fingerprint density at radius 2 is 1.94 bits per heavy atom. The van der Waals surface area contributed by atoms with Crippen molar-refractivity contribution in [2.24, 2.45) is 0 Å². The summed E-state index contributed by atoms with van der Waals surface area (Å²) in [5.41, 5.74) is 1.08. The first-order valence-electron chi connectivity index (χ1n) is 5.55. The summed E-state index contributed by atoms with van der Waals surface area (Å²) in [7, 11) is 0. The number of hydrogen-bond donors (Lipinski definition) is 0. The summed E-state index contributed by atoms with van der Waals surface area (Å²) in [6.45, 7) is 1.82. The van der Waals surface area contributed by atoms with Crippen LogP contribution in [0.2, 0.25) is 0 Å². The lowest BCUT2D eigenvalue weighted by Gasteiger charge is -2.06. The van der Waals surface area contributed by atoms with Gasteiger partial charge >= 0.3 is 5.97 Å². The van der Waals surface area contributed by atoms with E-state index in [0.717, 1.165) is 5.56 Å². The molecule has 2 rings (SSSR count). The number of rotatable bonds is 4. The molecule has 0 radical (unpaired) electrons. The lowest BCUT2D eigenvalue weighted by Crippen LogP contribution is -2.03. The third kappa shape index (κ3) is 3.59. The minimum Gasteiger partial charge on any atom is -0.487 e. The van der Waals surface area contributed by atoms with Gasteiger partial charge < -0.3 is 9.47 Å². The molecule has 1 heterocycles. The van der Waals surface area contributed by atoms with Gasteiger partial charge in [0.2, 0.25) is 5.88 Å². The number of pyridine rings is 1. The molecule has 0 N–H and O–H groups in total. The van der Waals surface area contributed by atoms with E-state index in [1.807, 2.05) is 30.3 Å². The third-order valence-electron chi connectivity index (χ3n) is 2.21. The van der Waals surface area contributed by atoms with Crippen molar-refractivity contribution in [1.29, 1.82) is 0 Å². The van der Waals surface area contributed by atoms with Crippen molar-refractivity contribution >= 4 is 5.97 Å². The average molecular weight is 243 g/mol. The molecular formula is C14H13NO3. The molecule has 0 saturated heterocycles. The zero-order chi connectivity index (χ0) is 12.8. The van der Waals surface area contributed by atoms with E-state index in [-0.39, 0.29) is 11.8 Å². The van der Waals surface area contributed by atoms with Crippen LogP contribution in [-0.2, 0) is 11.4 Å². The van der Waals surface area contributed by atoms with Crippen LogP contribution in [0.1, 0.15) is 12.5 Å². The maximum absolute atomic E-state index is 10.7. The molecular weight excluding hydrogens is 230 g/mol. The summed E-state index contributed by atoms with van der Waals surface area (Å²) in [5, 5.41) is 0. The molecule has 1 aromatic heterocycles. The molecule has 0 aliphatic heterocycles. The van der Waals surface area contributed by atoms with Gasteiger partial charge in [-0.05, 0) is 11.6 Å². The van der Waals surface area contributed by atoms with E-state index >= 15 is 0 Å². The summed E-state index contributed by atoms with van der Waals surface area (Å²) < 4.78 is 10.4. The number of nitrogens with zero attached hydrogens (tertiary/aromatic N) is 1. The Labute approximate surface area is 105 Å². The molecule has 0 aliphatic carbocycles. The van der Waals surface area contributed by atoms with Gasteiger partial charge in [-0.25, -0.2) is 4.98 Å². The van der Waals surface area contributed by atoms with Crippen molar-refractivity contribution in [3.8, 4) is 11.6 Å². The van der Waals surface area contributed by atoms with Gasteiger partial charge in [0.05, 0.1) is 6.20 Å².